The first-order valence-electron chi connectivity index (χ1n) is 12.3. The molecule has 40 heavy (non-hydrogen) atoms. The lowest BCUT2D eigenvalue weighted by atomic mass is 10.2. The number of nitrogens with zero attached hydrogens (tertiary/aromatic N) is 3. The number of methoxy groups -OCH3 is 1. The molecule has 0 radical (unpaired) electrons. The summed E-state index contributed by atoms with van der Waals surface area (Å²) >= 11 is 9.81. The number of fused-ring (bicyclic) bond motifs is 2. The van der Waals surface area contributed by atoms with E-state index in [0.717, 1.165) is 21.0 Å². The van der Waals surface area contributed by atoms with Crippen LogP contribution in [0.1, 0.15) is 11.1 Å². The van der Waals surface area contributed by atoms with Crippen LogP contribution in [-0.2, 0) is 6.61 Å². The van der Waals surface area contributed by atoms with Gasteiger partial charge in [-0.2, -0.15) is 9.78 Å². The van der Waals surface area contributed by atoms with Crippen LogP contribution in [0, 0.1) is 0 Å². The summed E-state index contributed by atoms with van der Waals surface area (Å²) in [4.78, 5) is 18.3. The highest BCUT2D eigenvalue weighted by Gasteiger charge is 2.18. The number of hydrogen-bond acceptors (Lipinski definition) is 6. The molecule has 2 aromatic heterocycles. The molecule has 198 valence electrons. The Labute approximate surface area is 242 Å². The molecule has 0 atom stereocenters. The van der Waals surface area contributed by atoms with Gasteiger partial charge >= 0.3 is 0 Å². The third kappa shape index (κ3) is 4.99. The number of hydrogen-bond donors (Lipinski definition) is 0. The third-order valence-electron chi connectivity index (χ3n) is 6.33. The van der Waals surface area contributed by atoms with Crippen LogP contribution >= 0.6 is 27.5 Å². The lowest BCUT2D eigenvalue weighted by Crippen LogP contribution is -2.20. The molecule has 0 spiro atoms. The molecule has 4 aromatic carbocycles. The van der Waals surface area contributed by atoms with E-state index in [1.807, 2.05) is 66.7 Å². The van der Waals surface area contributed by atoms with E-state index in [4.69, 9.17) is 30.5 Å². The highest BCUT2D eigenvalue weighted by atomic mass is 79.9. The molecule has 2 heterocycles. The van der Waals surface area contributed by atoms with Crippen LogP contribution in [0.4, 0.5) is 0 Å². The molecular formula is C31H21BrClN3O4. The molecule has 0 saturated heterocycles. The van der Waals surface area contributed by atoms with Gasteiger partial charge in [-0.25, -0.2) is 4.98 Å². The third-order valence-corrected chi connectivity index (χ3v) is 7.32. The van der Waals surface area contributed by atoms with Crippen molar-refractivity contribution in [2.24, 2.45) is 5.10 Å². The average Bonchev–Trinajstić information content (AvgIpc) is 3.41. The molecule has 0 saturated carbocycles. The zero-order valence-electron chi connectivity index (χ0n) is 21.2. The molecule has 7 nitrogen and oxygen atoms in total. The lowest BCUT2D eigenvalue weighted by molar-refractivity contribution is 0.304. The Morgan fingerprint density at radius 2 is 1.80 bits per heavy atom. The molecule has 0 bridgehead atoms. The Morgan fingerprint density at radius 1 is 0.975 bits per heavy atom. The average molecular weight is 615 g/mol. The normalized spacial score (nSPS) is 11.5. The number of benzene rings is 4. The van der Waals surface area contributed by atoms with Crippen molar-refractivity contribution >= 4 is 55.6 Å². The number of halogens is 2. The summed E-state index contributed by atoms with van der Waals surface area (Å²) in [6.45, 7) is 0.329. The molecule has 0 aliphatic rings. The van der Waals surface area contributed by atoms with Gasteiger partial charge in [-0.1, -0.05) is 48.0 Å². The van der Waals surface area contributed by atoms with Gasteiger partial charge in [0.05, 0.1) is 34.1 Å². The van der Waals surface area contributed by atoms with Crippen LogP contribution in [0.5, 0.6) is 11.5 Å². The molecule has 0 N–H and O–H groups in total. The maximum Gasteiger partial charge on any atom is 0.282 e. The van der Waals surface area contributed by atoms with Gasteiger partial charge in [-0.15, -0.1) is 0 Å². The van der Waals surface area contributed by atoms with Crippen molar-refractivity contribution in [3.05, 3.63) is 122 Å². The van der Waals surface area contributed by atoms with Crippen LogP contribution in [0.2, 0.25) is 5.02 Å². The minimum atomic E-state index is -0.317. The van der Waals surface area contributed by atoms with Crippen LogP contribution in [-0.4, -0.2) is 23.0 Å². The minimum absolute atomic E-state index is 0.275. The first kappa shape index (κ1) is 25.9. The molecule has 9 heteroatoms. The Kier molecular flexibility index (Phi) is 7.11. The smallest absolute Gasteiger partial charge is 0.282 e. The zero-order chi connectivity index (χ0) is 27.6. The Hall–Kier alpha value is -4.40. The Bertz CT molecular complexity index is 1960. The van der Waals surface area contributed by atoms with E-state index >= 15 is 0 Å². The fraction of sp³-hybridized carbons (Fsp3) is 0.0645. The molecule has 0 aliphatic carbocycles. The van der Waals surface area contributed by atoms with Gasteiger partial charge in [-0.3, -0.25) is 4.79 Å². The molecule has 0 aliphatic heterocycles. The van der Waals surface area contributed by atoms with Crippen LogP contribution in [0.15, 0.2) is 110 Å². The van der Waals surface area contributed by atoms with Crippen molar-refractivity contribution in [2.75, 3.05) is 7.11 Å². The van der Waals surface area contributed by atoms with Crippen molar-refractivity contribution < 1.29 is 13.9 Å². The van der Waals surface area contributed by atoms with Gasteiger partial charge in [0.15, 0.2) is 5.76 Å². The number of furan rings is 1. The Balaban J connectivity index is 1.37. The largest absolute Gasteiger partial charge is 0.496 e. The van der Waals surface area contributed by atoms with Crippen molar-refractivity contribution in [3.63, 3.8) is 0 Å². The van der Waals surface area contributed by atoms with E-state index in [2.05, 4.69) is 21.0 Å². The maximum atomic E-state index is 13.6. The summed E-state index contributed by atoms with van der Waals surface area (Å²) in [5.41, 5.74) is 2.48. The van der Waals surface area contributed by atoms with Crippen molar-refractivity contribution in [3.8, 4) is 23.1 Å². The monoisotopic (exact) mass is 613 g/mol. The first-order valence-corrected chi connectivity index (χ1v) is 13.5. The second-order valence-corrected chi connectivity index (χ2v) is 10.1. The van der Waals surface area contributed by atoms with E-state index in [1.165, 1.54) is 4.68 Å². The molecule has 6 rings (SSSR count). The molecule has 0 fully saturated rings. The molecular weight excluding hydrogens is 594 g/mol. The zero-order valence-corrected chi connectivity index (χ0v) is 23.5. The highest BCUT2D eigenvalue weighted by Crippen LogP contribution is 2.33. The summed E-state index contributed by atoms with van der Waals surface area (Å²) in [5.74, 6) is 1.98. The molecule has 6 aromatic rings. The summed E-state index contributed by atoms with van der Waals surface area (Å²) < 4.78 is 19.5. The van der Waals surface area contributed by atoms with Crippen LogP contribution < -0.4 is 15.0 Å². The standard InChI is InChI=1S/C31H21BrClN3O4/c1-38-26-11-6-12-27-22(26)16-29(40-27)30-35-25-10-5-3-8-21(25)31(37)36(30)34-17-19-13-14-28(23(32)15-19)39-18-20-7-2-4-9-24(20)33/h2-17H,18H2,1H3. The van der Waals surface area contributed by atoms with Gasteiger partial charge in [-0.05, 0) is 76.1 Å². The quantitative estimate of drug-likeness (QED) is 0.172. The van der Waals surface area contributed by atoms with E-state index < -0.39 is 0 Å². The molecule has 0 unspecified atom stereocenters. The van der Waals surface area contributed by atoms with Crippen molar-refractivity contribution in [2.45, 2.75) is 6.61 Å². The number of aromatic nitrogens is 2. The fourth-order valence-electron chi connectivity index (χ4n) is 4.32. The van der Waals surface area contributed by atoms with Gasteiger partial charge in [0.25, 0.3) is 5.56 Å². The highest BCUT2D eigenvalue weighted by molar-refractivity contribution is 9.10. The summed E-state index contributed by atoms with van der Waals surface area (Å²) in [6.07, 6.45) is 1.59. The fourth-order valence-corrected chi connectivity index (χ4v) is 5.02. The number of ether oxygens (including phenoxy) is 2. The van der Waals surface area contributed by atoms with Gasteiger partial charge < -0.3 is 13.9 Å². The van der Waals surface area contributed by atoms with E-state index in [1.54, 1.807) is 37.6 Å². The van der Waals surface area contributed by atoms with Gasteiger partial charge in [0.1, 0.15) is 23.7 Å². The predicted octanol–water partition coefficient (Wildman–Crippen LogP) is 7.70. The summed E-state index contributed by atoms with van der Waals surface area (Å²) in [5, 5.41) is 6.40. The van der Waals surface area contributed by atoms with E-state index in [-0.39, 0.29) is 11.4 Å². The Morgan fingerprint density at radius 3 is 2.62 bits per heavy atom. The second kappa shape index (κ2) is 11.0. The topological polar surface area (TPSA) is 78.9 Å². The number of rotatable bonds is 7. The van der Waals surface area contributed by atoms with Crippen molar-refractivity contribution in [1.29, 1.82) is 0 Å². The summed E-state index contributed by atoms with van der Waals surface area (Å²) in [6, 6.07) is 27.5. The minimum Gasteiger partial charge on any atom is -0.496 e. The first-order chi connectivity index (χ1) is 19.5. The molecule has 0 amide bonds. The SMILES string of the molecule is COc1cccc2oc(-c3nc4ccccc4c(=O)n3N=Cc3ccc(OCc4ccccc4Cl)c(Br)c3)cc12. The lowest BCUT2D eigenvalue weighted by Gasteiger charge is -2.10. The van der Waals surface area contributed by atoms with Crippen LogP contribution in [0.25, 0.3) is 33.5 Å². The predicted molar refractivity (Wildman–Crippen MR) is 161 cm³/mol. The van der Waals surface area contributed by atoms with Gasteiger partial charge in [0, 0.05) is 10.6 Å². The maximum absolute atomic E-state index is 13.6. The van der Waals surface area contributed by atoms with Crippen LogP contribution in [0.3, 0.4) is 0 Å². The summed E-state index contributed by atoms with van der Waals surface area (Å²) in [7, 11) is 1.60. The number of para-hydroxylation sites is 1. The van der Waals surface area contributed by atoms with Gasteiger partial charge in [0.2, 0.25) is 5.82 Å². The second-order valence-electron chi connectivity index (χ2n) is 8.87. The van der Waals surface area contributed by atoms with E-state index in [9.17, 15) is 4.79 Å². The van der Waals surface area contributed by atoms with E-state index in [0.29, 0.717) is 45.4 Å². The van der Waals surface area contributed by atoms with Crippen molar-refractivity contribution in [1.82, 2.24) is 9.66 Å².